The van der Waals surface area contributed by atoms with Crippen LogP contribution in [0.1, 0.15) is 41.5 Å². The average Bonchev–Trinajstić information content (AvgIpc) is 2.96. The molecule has 1 atom stereocenters. The second-order valence-corrected chi connectivity index (χ2v) is 6.41. The minimum absolute atomic E-state index is 0.0859. The van der Waals surface area contributed by atoms with E-state index in [1.165, 1.54) is 22.3 Å². The zero-order chi connectivity index (χ0) is 17.4. The molecule has 124 valence electrons. The zero-order valence-electron chi connectivity index (χ0n) is 14.1. The van der Waals surface area contributed by atoms with Crippen LogP contribution in [-0.4, -0.2) is 10.2 Å². The summed E-state index contributed by atoms with van der Waals surface area (Å²) in [5.74, 6) is 0.650. The summed E-state index contributed by atoms with van der Waals surface area (Å²) in [5.41, 5.74) is 7.23. The molecule has 0 aromatic heterocycles. The number of fused-ring (bicyclic) bond motifs is 1. The molecule has 2 nitrogen and oxygen atoms in total. The normalized spacial score (nSPS) is 16.1. The molecule has 3 aromatic carbocycles. The first-order valence-corrected chi connectivity index (χ1v) is 8.59. The van der Waals surface area contributed by atoms with Gasteiger partial charge in [0.15, 0.2) is 0 Å². The van der Waals surface area contributed by atoms with Gasteiger partial charge in [0.1, 0.15) is 11.5 Å². The number of allylic oxidation sites excluding steroid dienone is 2. The highest BCUT2D eigenvalue weighted by atomic mass is 16.3. The number of phenolic OH excluding ortho intramolecular Hbond substituents is 2. The Labute approximate surface area is 147 Å². The van der Waals surface area contributed by atoms with E-state index in [9.17, 15) is 10.2 Å². The Kier molecular flexibility index (Phi) is 3.81. The Hall–Kier alpha value is -3.00. The lowest BCUT2D eigenvalue weighted by molar-refractivity contribution is 0.474. The molecular formula is C23H20O2. The van der Waals surface area contributed by atoms with E-state index in [1.807, 2.05) is 30.3 Å². The molecule has 1 aliphatic rings. The Morgan fingerprint density at radius 1 is 0.800 bits per heavy atom. The van der Waals surface area contributed by atoms with Crippen LogP contribution in [-0.2, 0) is 0 Å². The van der Waals surface area contributed by atoms with Gasteiger partial charge in [-0.3, -0.25) is 0 Å². The molecule has 0 saturated heterocycles. The van der Waals surface area contributed by atoms with Crippen molar-refractivity contribution >= 4 is 11.1 Å². The summed E-state index contributed by atoms with van der Waals surface area (Å²) in [6.07, 6.45) is 0.914. The molecule has 4 rings (SSSR count). The first-order chi connectivity index (χ1) is 12.2. The highest BCUT2D eigenvalue weighted by molar-refractivity contribution is 6.01. The monoisotopic (exact) mass is 328 g/mol. The largest absolute Gasteiger partial charge is 0.508 e. The fourth-order valence-electron chi connectivity index (χ4n) is 3.89. The van der Waals surface area contributed by atoms with E-state index < -0.39 is 0 Å². The van der Waals surface area contributed by atoms with E-state index in [4.69, 9.17) is 0 Å². The molecule has 0 fully saturated rings. The first-order valence-electron chi connectivity index (χ1n) is 8.59. The maximum atomic E-state index is 10.1. The molecule has 0 amide bonds. The van der Waals surface area contributed by atoms with Gasteiger partial charge in [-0.25, -0.2) is 0 Å². The van der Waals surface area contributed by atoms with Crippen molar-refractivity contribution in [2.24, 2.45) is 0 Å². The number of benzene rings is 3. The Balaban J connectivity index is 1.99. The summed E-state index contributed by atoms with van der Waals surface area (Å²) < 4.78 is 0. The van der Waals surface area contributed by atoms with Crippen molar-refractivity contribution in [3.8, 4) is 11.5 Å². The third kappa shape index (κ3) is 2.60. The Bertz CT molecular complexity index is 938. The average molecular weight is 328 g/mol. The molecule has 3 aromatic rings. The van der Waals surface area contributed by atoms with E-state index in [2.05, 4.69) is 31.2 Å². The van der Waals surface area contributed by atoms with Crippen molar-refractivity contribution in [3.63, 3.8) is 0 Å². The predicted molar refractivity (Wildman–Crippen MR) is 102 cm³/mol. The highest BCUT2D eigenvalue weighted by Crippen LogP contribution is 2.52. The van der Waals surface area contributed by atoms with E-state index in [-0.39, 0.29) is 11.7 Å². The molecule has 0 saturated carbocycles. The maximum absolute atomic E-state index is 10.1. The highest BCUT2D eigenvalue weighted by Gasteiger charge is 2.32. The quantitative estimate of drug-likeness (QED) is 0.660. The van der Waals surface area contributed by atoms with Crippen LogP contribution in [0.3, 0.4) is 0 Å². The number of hydrogen-bond donors (Lipinski definition) is 2. The van der Waals surface area contributed by atoms with E-state index >= 15 is 0 Å². The van der Waals surface area contributed by atoms with Crippen LogP contribution in [0, 0.1) is 0 Å². The summed E-state index contributed by atoms with van der Waals surface area (Å²) in [4.78, 5) is 0. The second-order valence-electron chi connectivity index (χ2n) is 6.41. The second kappa shape index (κ2) is 6.14. The molecule has 1 unspecified atom stereocenters. The summed E-state index contributed by atoms with van der Waals surface area (Å²) in [5, 5.41) is 19.7. The van der Waals surface area contributed by atoms with Crippen molar-refractivity contribution in [3.05, 3.63) is 95.1 Å². The maximum Gasteiger partial charge on any atom is 0.115 e. The van der Waals surface area contributed by atoms with E-state index in [0.717, 1.165) is 17.5 Å². The summed E-state index contributed by atoms with van der Waals surface area (Å²) >= 11 is 0. The van der Waals surface area contributed by atoms with Crippen LogP contribution >= 0.6 is 0 Å². The van der Waals surface area contributed by atoms with Gasteiger partial charge in [-0.1, -0.05) is 55.5 Å². The fraction of sp³-hybridized carbons (Fsp3) is 0.130. The van der Waals surface area contributed by atoms with Crippen LogP contribution in [0.5, 0.6) is 11.5 Å². The predicted octanol–water partition coefficient (Wildman–Crippen LogP) is 5.56. The van der Waals surface area contributed by atoms with Crippen LogP contribution in [0.25, 0.3) is 11.1 Å². The minimum atomic E-state index is 0.0859. The van der Waals surface area contributed by atoms with Gasteiger partial charge >= 0.3 is 0 Å². The van der Waals surface area contributed by atoms with Gasteiger partial charge in [0.05, 0.1) is 0 Å². The first kappa shape index (κ1) is 15.5. The van der Waals surface area contributed by atoms with Crippen molar-refractivity contribution in [2.45, 2.75) is 19.3 Å². The molecule has 0 aliphatic heterocycles. The van der Waals surface area contributed by atoms with Gasteiger partial charge < -0.3 is 10.2 Å². The van der Waals surface area contributed by atoms with Crippen LogP contribution in [0.4, 0.5) is 0 Å². The Morgan fingerprint density at radius 3 is 2.16 bits per heavy atom. The molecular weight excluding hydrogens is 308 g/mol. The molecule has 2 heteroatoms. The van der Waals surface area contributed by atoms with Gasteiger partial charge in [-0.2, -0.15) is 0 Å². The lowest BCUT2D eigenvalue weighted by atomic mass is 9.85. The topological polar surface area (TPSA) is 40.5 Å². The van der Waals surface area contributed by atoms with Crippen molar-refractivity contribution in [1.82, 2.24) is 0 Å². The molecule has 0 heterocycles. The smallest absolute Gasteiger partial charge is 0.115 e. The van der Waals surface area contributed by atoms with E-state index in [0.29, 0.717) is 5.75 Å². The lowest BCUT2D eigenvalue weighted by Gasteiger charge is -2.18. The third-order valence-corrected chi connectivity index (χ3v) is 4.95. The Morgan fingerprint density at radius 2 is 1.48 bits per heavy atom. The third-order valence-electron chi connectivity index (χ3n) is 4.95. The lowest BCUT2D eigenvalue weighted by Crippen LogP contribution is -2.01. The number of phenols is 2. The van der Waals surface area contributed by atoms with Gasteiger partial charge in [0.25, 0.3) is 0 Å². The molecule has 0 bridgehead atoms. The fourth-order valence-corrected chi connectivity index (χ4v) is 3.89. The van der Waals surface area contributed by atoms with Crippen molar-refractivity contribution in [1.29, 1.82) is 0 Å². The van der Waals surface area contributed by atoms with Gasteiger partial charge in [0.2, 0.25) is 0 Å². The van der Waals surface area contributed by atoms with E-state index in [1.54, 1.807) is 18.2 Å². The minimum Gasteiger partial charge on any atom is -0.508 e. The summed E-state index contributed by atoms with van der Waals surface area (Å²) in [6.45, 7) is 2.17. The molecule has 2 N–H and O–H groups in total. The van der Waals surface area contributed by atoms with Gasteiger partial charge in [-0.05, 0) is 64.1 Å². The summed E-state index contributed by atoms with van der Waals surface area (Å²) in [7, 11) is 0. The number of aromatic hydroxyl groups is 2. The molecule has 25 heavy (non-hydrogen) atoms. The van der Waals surface area contributed by atoms with Gasteiger partial charge in [0, 0.05) is 5.92 Å². The van der Waals surface area contributed by atoms with Crippen LogP contribution in [0.15, 0.2) is 72.8 Å². The molecule has 1 aliphatic carbocycles. The zero-order valence-corrected chi connectivity index (χ0v) is 14.1. The van der Waals surface area contributed by atoms with Crippen molar-refractivity contribution < 1.29 is 10.2 Å². The SMILES string of the molecule is CCC1=C(c2ccc(O)cc2)C(c2ccccc2)c2cc(O)ccc21. The standard InChI is InChI=1S/C23H20O2/c1-2-19-20-13-12-18(25)14-21(20)23(15-6-4-3-5-7-15)22(19)16-8-10-17(24)11-9-16/h3-14,23-25H,2H2,1H3. The van der Waals surface area contributed by atoms with Gasteiger partial charge in [-0.15, -0.1) is 0 Å². The van der Waals surface area contributed by atoms with Crippen LogP contribution < -0.4 is 0 Å². The van der Waals surface area contributed by atoms with Crippen molar-refractivity contribution in [2.75, 3.05) is 0 Å². The molecule has 0 spiro atoms. The number of rotatable bonds is 3. The number of hydrogen-bond acceptors (Lipinski definition) is 2. The summed E-state index contributed by atoms with van der Waals surface area (Å²) in [6, 6.07) is 23.5. The van der Waals surface area contributed by atoms with Crippen LogP contribution in [0.2, 0.25) is 0 Å². The molecule has 0 radical (unpaired) electrons.